The van der Waals surface area contributed by atoms with Gasteiger partial charge in [0.15, 0.2) is 0 Å². The Labute approximate surface area is 122 Å². The molecule has 3 rings (SSSR count). The van der Waals surface area contributed by atoms with Crippen LogP contribution in [-0.4, -0.2) is 9.55 Å². The Morgan fingerprint density at radius 3 is 2.67 bits per heavy atom. The van der Waals surface area contributed by atoms with Crippen LogP contribution in [0.25, 0.3) is 11.3 Å². The Morgan fingerprint density at radius 2 is 1.90 bits per heavy atom. The van der Waals surface area contributed by atoms with Crippen LogP contribution < -0.4 is 5.73 Å². The molecule has 0 radical (unpaired) electrons. The molecule has 0 saturated heterocycles. The van der Waals surface area contributed by atoms with E-state index in [9.17, 15) is 4.39 Å². The third kappa shape index (κ3) is 2.65. The molecule has 0 atom stereocenters. The van der Waals surface area contributed by atoms with Gasteiger partial charge in [0, 0.05) is 5.56 Å². The van der Waals surface area contributed by atoms with Crippen LogP contribution in [-0.2, 0) is 6.54 Å². The SMILES string of the molecule is Cc1ccc(F)c(-c2ncn(Cc3ccccc3)c2N)c1. The average molecular weight is 281 g/mol. The van der Waals surface area contributed by atoms with Crippen LogP contribution in [0.15, 0.2) is 54.9 Å². The number of aromatic nitrogens is 2. The third-order valence-electron chi connectivity index (χ3n) is 3.45. The maximum absolute atomic E-state index is 14.0. The maximum Gasteiger partial charge on any atom is 0.132 e. The molecule has 1 heterocycles. The molecule has 0 amide bonds. The van der Waals surface area contributed by atoms with Crippen LogP contribution in [0.4, 0.5) is 10.2 Å². The van der Waals surface area contributed by atoms with Crippen LogP contribution in [0, 0.1) is 12.7 Å². The molecule has 0 saturated carbocycles. The first-order valence-corrected chi connectivity index (χ1v) is 6.76. The lowest BCUT2D eigenvalue weighted by Crippen LogP contribution is -2.03. The van der Waals surface area contributed by atoms with Crippen LogP contribution in [0.1, 0.15) is 11.1 Å². The first-order valence-electron chi connectivity index (χ1n) is 6.76. The summed E-state index contributed by atoms with van der Waals surface area (Å²) in [6.07, 6.45) is 1.65. The number of nitrogens with zero attached hydrogens (tertiary/aromatic N) is 2. The van der Waals surface area contributed by atoms with Crippen molar-refractivity contribution in [3.8, 4) is 11.3 Å². The summed E-state index contributed by atoms with van der Waals surface area (Å²) in [6, 6.07) is 14.9. The first kappa shape index (κ1) is 13.4. The highest BCUT2D eigenvalue weighted by Gasteiger charge is 2.14. The van der Waals surface area contributed by atoms with E-state index < -0.39 is 0 Å². The van der Waals surface area contributed by atoms with Gasteiger partial charge in [0.1, 0.15) is 17.3 Å². The van der Waals surface area contributed by atoms with E-state index in [0.29, 0.717) is 23.6 Å². The lowest BCUT2D eigenvalue weighted by molar-refractivity contribution is 0.630. The van der Waals surface area contributed by atoms with Crippen molar-refractivity contribution >= 4 is 5.82 Å². The molecule has 2 N–H and O–H groups in total. The van der Waals surface area contributed by atoms with E-state index in [4.69, 9.17) is 5.73 Å². The molecule has 0 aliphatic carbocycles. The lowest BCUT2D eigenvalue weighted by atomic mass is 10.1. The van der Waals surface area contributed by atoms with Crippen LogP contribution in [0.5, 0.6) is 0 Å². The summed E-state index contributed by atoms with van der Waals surface area (Å²) in [5, 5.41) is 0. The summed E-state index contributed by atoms with van der Waals surface area (Å²) in [6.45, 7) is 2.53. The first-order chi connectivity index (χ1) is 10.1. The van der Waals surface area contributed by atoms with Crippen molar-refractivity contribution in [3.05, 3.63) is 71.8 Å². The molecule has 21 heavy (non-hydrogen) atoms. The van der Waals surface area contributed by atoms with E-state index >= 15 is 0 Å². The maximum atomic E-state index is 14.0. The number of nitrogens with two attached hydrogens (primary N) is 1. The fourth-order valence-corrected chi connectivity index (χ4v) is 2.33. The number of halogens is 1. The number of rotatable bonds is 3. The fourth-order valence-electron chi connectivity index (χ4n) is 2.33. The van der Waals surface area contributed by atoms with Crippen LogP contribution in [0.3, 0.4) is 0 Å². The number of hydrogen-bond acceptors (Lipinski definition) is 2. The molecule has 0 aliphatic heterocycles. The zero-order chi connectivity index (χ0) is 14.8. The number of aryl methyl sites for hydroxylation is 1. The van der Waals surface area contributed by atoms with E-state index in [2.05, 4.69) is 4.98 Å². The van der Waals surface area contributed by atoms with E-state index in [-0.39, 0.29) is 5.82 Å². The van der Waals surface area contributed by atoms with Gasteiger partial charge in [-0.15, -0.1) is 0 Å². The third-order valence-corrected chi connectivity index (χ3v) is 3.45. The lowest BCUT2D eigenvalue weighted by Gasteiger charge is -2.07. The van der Waals surface area contributed by atoms with Crippen LogP contribution >= 0.6 is 0 Å². The Morgan fingerprint density at radius 1 is 1.14 bits per heavy atom. The molecule has 106 valence electrons. The monoisotopic (exact) mass is 281 g/mol. The van der Waals surface area contributed by atoms with E-state index in [1.165, 1.54) is 6.07 Å². The molecule has 0 aliphatic rings. The van der Waals surface area contributed by atoms with Gasteiger partial charge in [-0.1, -0.05) is 42.0 Å². The zero-order valence-corrected chi connectivity index (χ0v) is 11.8. The summed E-state index contributed by atoms with van der Waals surface area (Å²) in [4.78, 5) is 4.28. The molecule has 3 nitrogen and oxygen atoms in total. The summed E-state index contributed by atoms with van der Waals surface area (Å²) in [7, 11) is 0. The Balaban J connectivity index is 1.98. The smallest absolute Gasteiger partial charge is 0.132 e. The van der Waals surface area contributed by atoms with E-state index in [0.717, 1.165) is 11.1 Å². The minimum atomic E-state index is -0.308. The van der Waals surface area contributed by atoms with Gasteiger partial charge in [-0.25, -0.2) is 9.37 Å². The summed E-state index contributed by atoms with van der Waals surface area (Å²) < 4.78 is 15.8. The predicted octanol–water partition coefficient (Wildman–Crippen LogP) is 3.63. The second-order valence-electron chi connectivity index (χ2n) is 5.08. The standard InChI is InChI=1S/C17H16FN3/c1-12-7-8-15(18)14(9-12)16-17(19)21(11-20-16)10-13-5-3-2-4-6-13/h2-9,11H,10,19H2,1H3. The van der Waals surface area contributed by atoms with E-state index in [1.807, 2.05) is 41.8 Å². The zero-order valence-electron chi connectivity index (χ0n) is 11.8. The van der Waals surface area contributed by atoms with Gasteiger partial charge in [-0.3, -0.25) is 0 Å². The van der Waals surface area contributed by atoms with Gasteiger partial charge in [-0.2, -0.15) is 0 Å². The summed E-state index contributed by atoms with van der Waals surface area (Å²) in [5.41, 5.74) is 9.17. The summed E-state index contributed by atoms with van der Waals surface area (Å²) >= 11 is 0. The molecular weight excluding hydrogens is 265 g/mol. The Bertz CT molecular complexity index is 763. The molecule has 1 aromatic heterocycles. The summed E-state index contributed by atoms with van der Waals surface area (Å²) in [5.74, 6) is 0.167. The quantitative estimate of drug-likeness (QED) is 0.796. The number of hydrogen-bond donors (Lipinski definition) is 1. The fraction of sp³-hybridized carbons (Fsp3) is 0.118. The number of benzene rings is 2. The molecule has 0 fully saturated rings. The number of nitrogen functional groups attached to an aromatic ring is 1. The Hall–Kier alpha value is -2.62. The van der Waals surface area contributed by atoms with Gasteiger partial charge in [-0.05, 0) is 24.6 Å². The highest BCUT2D eigenvalue weighted by atomic mass is 19.1. The van der Waals surface area contributed by atoms with Crippen molar-refractivity contribution in [1.82, 2.24) is 9.55 Å². The van der Waals surface area contributed by atoms with Gasteiger partial charge in [0.25, 0.3) is 0 Å². The molecule has 0 unspecified atom stereocenters. The van der Waals surface area contributed by atoms with Gasteiger partial charge < -0.3 is 10.3 Å². The van der Waals surface area contributed by atoms with Crippen LogP contribution in [0.2, 0.25) is 0 Å². The normalized spacial score (nSPS) is 10.8. The molecular formula is C17H16FN3. The average Bonchev–Trinajstić information content (AvgIpc) is 2.84. The predicted molar refractivity (Wildman–Crippen MR) is 82.3 cm³/mol. The van der Waals surface area contributed by atoms with Gasteiger partial charge in [0.05, 0.1) is 12.9 Å². The highest BCUT2D eigenvalue weighted by Crippen LogP contribution is 2.28. The van der Waals surface area contributed by atoms with Gasteiger partial charge >= 0.3 is 0 Å². The van der Waals surface area contributed by atoms with Crippen molar-refractivity contribution in [2.45, 2.75) is 13.5 Å². The Kier molecular flexibility index (Phi) is 3.44. The van der Waals surface area contributed by atoms with Crippen molar-refractivity contribution in [3.63, 3.8) is 0 Å². The topological polar surface area (TPSA) is 43.8 Å². The van der Waals surface area contributed by atoms with Crippen molar-refractivity contribution < 1.29 is 4.39 Å². The molecule has 0 spiro atoms. The number of anilines is 1. The minimum Gasteiger partial charge on any atom is -0.383 e. The number of imidazole rings is 1. The largest absolute Gasteiger partial charge is 0.383 e. The second kappa shape index (κ2) is 5.40. The van der Waals surface area contributed by atoms with Crippen molar-refractivity contribution in [1.29, 1.82) is 0 Å². The molecule has 4 heteroatoms. The highest BCUT2D eigenvalue weighted by molar-refractivity contribution is 5.71. The minimum absolute atomic E-state index is 0.308. The molecule has 0 bridgehead atoms. The van der Waals surface area contributed by atoms with Gasteiger partial charge in [0.2, 0.25) is 0 Å². The van der Waals surface area contributed by atoms with E-state index in [1.54, 1.807) is 18.5 Å². The van der Waals surface area contributed by atoms with Crippen molar-refractivity contribution in [2.75, 3.05) is 5.73 Å². The molecule has 3 aromatic rings. The van der Waals surface area contributed by atoms with Crippen molar-refractivity contribution in [2.24, 2.45) is 0 Å². The molecule has 2 aromatic carbocycles. The second-order valence-corrected chi connectivity index (χ2v) is 5.08.